The molecule has 4 nitrogen and oxygen atoms in total. The van der Waals surface area contributed by atoms with Gasteiger partial charge in [-0.2, -0.15) is 5.10 Å². The predicted molar refractivity (Wildman–Crippen MR) is 75.5 cm³/mol. The number of hydrazone groups is 1. The number of methoxy groups -OCH3 is 1. The summed E-state index contributed by atoms with van der Waals surface area (Å²) >= 11 is 0. The van der Waals surface area contributed by atoms with Crippen molar-refractivity contribution in [2.75, 3.05) is 7.11 Å². The van der Waals surface area contributed by atoms with Gasteiger partial charge < -0.3 is 15.3 Å². The molecule has 2 aromatic carbocycles. The average Bonchev–Trinajstić information content (AvgIpc) is 2.47. The monoisotopic (exact) mass is 274 g/mol. The van der Waals surface area contributed by atoms with E-state index in [-0.39, 0.29) is 12.4 Å². The fourth-order valence-electron chi connectivity index (χ4n) is 1.74. The van der Waals surface area contributed by atoms with Crippen molar-refractivity contribution in [1.82, 2.24) is 0 Å². The second-order valence-corrected chi connectivity index (χ2v) is 4.07. The summed E-state index contributed by atoms with van der Waals surface area (Å²) in [5.74, 6) is 5.88. The zero-order chi connectivity index (χ0) is 14.4. The SMILES string of the molecule is COc1cc(C=NN)ccc1OCc1ccccc1F. The van der Waals surface area contributed by atoms with Gasteiger partial charge in [-0.05, 0) is 29.8 Å². The van der Waals surface area contributed by atoms with Crippen LogP contribution in [0.1, 0.15) is 11.1 Å². The van der Waals surface area contributed by atoms with E-state index in [2.05, 4.69) is 5.10 Å². The largest absolute Gasteiger partial charge is 0.493 e. The van der Waals surface area contributed by atoms with Gasteiger partial charge in [0.1, 0.15) is 12.4 Å². The molecule has 0 saturated heterocycles. The molecule has 2 aromatic rings. The first kappa shape index (κ1) is 13.9. The molecule has 0 aliphatic rings. The molecule has 0 bridgehead atoms. The number of rotatable bonds is 5. The van der Waals surface area contributed by atoms with Crippen molar-refractivity contribution in [1.29, 1.82) is 0 Å². The molecule has 0 aliphatic carbocycles. The Labute approximate surface area is 116 Å². The molecule has 0 unspecified atom stereocenters. The Hall–Kier alpha value is -2.56. The normalized spacial score (nSPS) is 10.7. The third kappa shape index (κ3) is 3.26. The number of hydrogen-bond donors (Lipinski definition) is 1. The molecule has 104 valence electrons. The van der Waals surface area contributed by atoms with Crippen molar-refractivity contribution < 1.29 is 13.9 Å². The highest BCUT2D eigenvalue weighted by Crippen LogP contribution is 2.28. The van der Waals surface area contributed by atoms with E-state index in [0.29, 0.717) is 17.1 Å². The van der Waals surface area contributed by atoms with Gasteiger partial charge in [-0.1, -0.05) is 18.2 Å². The van der Waals surface area contributed by atoms with Gasteiger partial charge in [-0.25, -0.2) is 4.39 Å². The number of hydrogen-bond acceptors (Lipinski definition) is 4. The van der Waals surface area contributed by atoms with Crippen LogP contribution in [-0.4, -0.2) is 13.3 Å². The molecule has 0 fully saturated rings. The van der Waals surface area contributed by atoms with Gasteiger partial charge in [0.15, 0.2) is 11.5 Å². The molecule has 0 aliphatic heterocycles. The van der Waals surface area contributed by atoms with E-state index in [9.17, 15) is 4.39 Å². The van der Waals surface area contributed by atoms with Crippen LogP contribution in [0.25, 0.3) is 0 Å². The van der Waals surface area contributed by atoms with Crippen LogP contribution in [0, 0.1) is 5.82 Å². The summed E-state index contributed by atoms with van der Waals surface area (Å²) in [5.41, 5.74) is 1.28. The molecular weight excluding hydrogens is 259 g/mol. The van der Waals surface area contributed by atoms with Gasteiger partial charge in [0.25, 0.3) is 0 Å². The van der Waals surface area contributed by atoms with Gasteiger partial charge in [-0.3, -0.25) is 0 Å². The van der Waals surface area contributed by atoms with E-state index in [1.54, 1.807) is 36.4 Å². The Morgan fingerprint density at radius 2 is 2.00 bits per heavy atom. The van der Waals surface area contributed by atoms with E-state index in [1.165, 1.54) is 19.4 Å². The lowest BCUT2D eigenvalue weighted by atomic mass is 10.2. The fraction of sp³-hybridized carbons (Fsp3) is 0.133. The second-order valence-electron chi connectivity index (χ2n) is 4.07. The van der Waals surface area contributed by atoms with Crippen LogP contribution in [-0.2, 0) is 6.61 Å². The third-order valence-electron chi connectivity index (χ3n) is 2.75. The summed E-state index contributed by atoms with van der Waals surface area (Å²) < 4.78 is 24.3. The quantitative estimate of drug-likeness (QED) is 0.518. The van der Waals surface area contributed by atoms with Gasteiger partial charge in [0.2, 0.25) is 0 Å². The number of benzene rings is 2. The molecule has 0 amide bonds. The number of halogens is 1. The highest BCUT2D eigenvalue weighted by atomic mass is 19.1. The molecule has 2 rings (SSSR count). The summed E-state index contributed by atoms with van der Waals surface area (Å²) in [7, 11) is 1.54. The molecular formula is C15H15FN2O2. The summed E-state index contributed by atoms with van der Waals surface area (Å²) in [4.78, 5) is 0. The number of nitrogens with two attached hydrogens (primary N) is 1. The van der Waals surface area contributed by atoms with Crippen LogP contribution < -0.4 is 15.3 Å². The van der Waals surface area contributed by atoms with E-state index in [1.807, 2.05) is 0 Å². The van der Waals surface area contributed by atoms with Crippen LogP contribution in [0.4, 0.5) is 4.39 Å². The molecule has 0 heterocycles. The zero-order valence-corrected chi connectivity index (χ0v) is 11.0. The zero-order valence-electron chi connectivity index (χ0n) is 11.0. The molecule has 0 atom stereocenters. The Balaban J connectivity index is 2.15. The van der Waals surface area contributed by atoms with Crippen LogP contribution in [0.5, 0.6) is 11.5 Å². The predicted octanol–water partition coefficient (Wildman–Crippen LogP) is 2.71. The maximum atomic E-state index is 13.5. The first-order chi connectivity index (χ1) is 9.74. The fourth-order valence-corrected chi connectivity index (χ4v) is 1.74. The first-order valence-electron chi connectivity index (χ1n) is 6.02. The molecule has 0 aromatic heterocycles. The first-order valence-corrected chi connectivity index (χ1v) is 6.02. The van der Waals surface area contributed by atoms with E-state index in [4.69, 9.17) is 15.3 Å². The minimum Gasteiger partial charge on any atom is -0.493 e. The van der Waals surface area contributed by atoms with Gasteiger partial charge in [0, 0.05) is 5.56 Å². The van der Waals surface area contributed by atoms with Crippen LogP contribution in [0.15, 0.2) is 47.6 Å². The highest BCUT2D eigenvalue weighted by molar-refractivity contribution is 5.80. The van der Waals surface area contributed by atoms with Crippen LogP contribution in [0.2, 0.25) is 0 Å². The Morgan fingerprint density at radius 1 is 1.20 bits per heavy atom. The Bertz CT molecular complexity index is 615. The van der Waals surface area contributed by atoms with Crippen molar-refractivity contribution >= 4 is 6.21 Å². The topological polar surface area (TPSA) is 56.8 Å². The van der Waals surface area contributed by atoms with Crippen molar-refractivity contribution in [3.05, 3.63) is 59.4 Å². The smallest absolute Gasteiger partial charge is 0.161 e. The summed E-state index contributed by atoms with van der Waals surface area (Å²) in [6.07, 6.45) is 1.50. The molecule has 5 heteroatoms. The van der Waals surface area contributed by atoms with Crippen LogP contribution in [0.3, 0.4) is 0 Å². The second kappa shape index (κ2) is 6.56. The molecule has 0 radical (unpaired) electrons. The lowest BCUT2D eigenvalue weighted by molar-refractivity contribution is 0.279. The maximum absolute atomic E-state index is 13.5. The van der Waals surface area contributed by atoms with E-state index < -0.39 is 0 Å². The molecule has 0 spiro atoms. The van der Waals surface area contributed by atoms with Crippen molar-refractivity contribution in [3.8, 4) is 11.5 Å². The van der Waals surface area contributed by atoms with Crippen molar-refractivity contribution in [2.24, 2.45) is 10.9 Å². The molecule has 0 saturated carbocycles. The maximum Gasteiger partial charge on any atom is 0.161 e. The van der Waals surface area contributed by atoms with Crippen molar-refractivity contribution in [2.45, 2.75) is 6.61 Å². The third-order valence-corrected chi connectivity index (χ3v) is 2.75. The standard InChI is InChI=1S/C15H15FN2O2/c1-19-15-8-11(9-18-17)6-7-14(15)20-10-12-4-2-3-5-13(12)16/h2-9H,10,17H2,1H3. The Kier molecular flexibility index (Phi) is 4.55. The Morgan fingerprint density at radius 3 is 2.70 bits per heavy atom. The summed E-state index contributed by atoms with van der Waals surface area (Å²) in [6, 6.07) is 11.7. The molecule has 2 N–H and O–H groups in total. The number of nitrogens with zero attached hydrogens (tertiary/aromatic N) is 1. The highest BCUT2D eigenvalue weighted by Gasteiger charge is 2.07. The minimum absolute atomic E-state index is 0.132. The van der Waals surface area contributed by atoms with Gasteiger partial charge in [0.05, 0.1) is 13.3 Å². The summed E-state index contributed by atoms with van der Waals surface area (Å²) in [6.45, 7) is 0.132. The van der Waals surface area contributed by atoms with Crippen LogP contribution >= 0.6 is 0 Å². The summed E-state index contributed by atoms with van der Waals surface area (Å²) in [5, 5.41) is 3.45. The van der Waals surface area contributed by atoms with E-state index >= 15 is 0 Å². The lowest BCUT2D eigenvalue weighted by Gasteiger charge is -2.11. The van der Waals surface area contributed by atoms with Gasteiger partial charge >= 0.3 is 0 Å². The van der Waals surface area contributed by atoms with Crippen molar-refractivity contribution in [3.63, 3.8) is 0 Å². The minimum atomic E-state index is -0.293. The van der Waals surface area contributed by atoms with Gasteiger partial charge in [-0.15, -0.1) is 0 Å². The number of ether oxygens (including phenoxy) is 2. The van der Waals surface area contributed by atoms with E-state index in [0.717, 1.165) is 5.56 Å². The lowest BCUT2D eigenvalue weighted by Crippen LogP contribution is -2.00. The average molecular weight is 274 g/mol. The molecule has 20 heavy (non-hydrogen) atoms.